The standard InChI is InChI=1S/C4H12N2S/c5-3-1-2-4(6)7/h4,7H,1-3,5-6H2. The first-order valence-corrected chi connectivity index (χ1v) is 2.92. The van der Waals surface area contributed by atoms with E-state index in [9.17, 15) is 0 Å². The minimum atomic E-state index is 0.0172. The third kappa shape index (κ3) is 6.27. The highest BCUT2D eigenvalue weighted by Crippen LogP contribution is 1.94. The molecule has 0 saturated carbocycles. The predicted octanol–water partition coefficient (Wildman–Crippen LogP) is -0.0601. The Morgan fingerprint density at radius 3 is 2.29 bits per heavy atom. The van der Waals surface area contributed by atoms with Gasteiger partial charge in [-0.15, -0.1) is 0 Å². The summed E-state index contributed by atoms with van der Waals surface area (Å²) in [6, 6.07) is 0. The van der Waals surface area contributed by atoms with Gasteiger partial charge in [-0.05, 0) is 19.4 Å². The second kappa shape index (κ2) is 4.43. The van der Waals surface area contributed by atoms with Gasteiger partial charge in [-0.1, -0.05) is 0 Å². The smallest absolute Gasteiger partial charge is 0.0477 e. The van der Waals surface area contributed by atoms with Crippen molar-refractivity contribution < 1.29 is 0 Å². The molecule has 0 fully saturated rings. The number of hydrogen-bond donors (Lipinski definition) is 3. The normalized spacial score (nSPS) is 14.1. The van der Waals surface area contributed by atoms with Gasteiger partial charge in [0, 0.05) is 5.37 Å². The van der Waals surface area contributed by atoms with E-state index in [1.807, 2.05) is 0 Å². The van der Waals surface area contributed by atoms with Crippen molar-refractivity contribution in [3.05, 3.63) is 0 Å². The van der Waals surface area contributed by atoms with E-state index in [4.69, 9.17) is 11.5 Å². The van der Waals surface area contributed by atoms with Crippen LogP contribution in [0.5, 0.6) is 0 Å². The molecule has 1 unspecified atom stereocenters. The molecule has 2 nitrogen and oxygen atoms in total. The zero-order valence-electron chi connectivity index (χ0n) is 4.30. The van der Waals surface area contributed by atoms with Gasteiger partial charge < -0.3 is 11.5 Å². The number of thiol groups is 1. The fourth-order valence-electron chi connectivity index (χ4n) is 0.327. The predicted molar refractivity (Wildman–Crippen MR) is 35.2 cm³/mol. The number of nitrogens with two attached hydrogens (primary N) is 2. The van der Waals surface area contributed by atoms with Crippen LogP contribution in [0.3, 0.4) is 0 Å². The van der Waals surface area contributed by atoms with Crippen molar-refractivity contribution in [2.24, 2.45) is 11.5 Å². The highest BCUT2D eigenvalue weighted by atomic mass is 32.1. The van der Waals surface area contributed by atoms with Gasteiger partial charge >= 0.3 is 0 Å². The lowest BCUT2D eigenvalue weighted by atomic mass is 10.3. The zero-order valence-corrected chi connectivity index (χ0v) is 5.20. The maximum atomic E-state index is 5.29. The highest BCUT2D eigenvalue weighted by Gasteiger charge is 1.89. The largest absolute Gasteiger partial charge is 0.330 e. The van der Waals surface area contributed by atoms with Gasteiger partial charge in [-0.3, -0.25) is 0 Å². The van der Waals surface area contributed by atoms with Gasteiger partial charge in [0.05, 0.1) is 0 Å². The van der Waals surface area contributed by atoms with Crippen molar-refractivity contribution in [3.8, 4) is 0 Å². The molecule has 0 aliphatic rings. The van der Waals surface area contributed by atoms with Crippen LogP contribution >= 0.6 is 12.6 Å². The lowest BCUT2D eigenvalue weighted by molar-refractivity contribution is 0.726. The summed E-state index contributed by atoms with van der Waals surface area (Å²) in [6.07, 6.45) is 1.89. The zero-order chi connectivity index (χ0) is 5.70. The lowest BCUT2D eigenvalue weighted by Gasteiger charge is -1.98. The summed E-state index contributed by atoms with van der Waals surface area (Å²) in [5.74, 6) is 0. The van der Waals surface area contributed by atoms with Crippen LogP contribution in [0, 0.1) is 0 Å². The van der Waals surface area contributed by atoms with Gasteiger partial charge in [-0.25, -0.2) is 0 Å². The Kier molecular flexibility index (Phi) is 4.60. The molecule has 4 N–H and O–H groups in total. The molecular weight excluding hydrogens is 108 g/mol. The molecule has 0 aromatic carbocycles. The molecule has 0 saturated heterocycles. The summed E-state index contributed by atoms with van der Waals surface area (Å²) in [5, 5.41) is 0.0172. The molecular formula is C4H12N2S. The van der Waals surface area contributed by atoms with Gasteiger partial charge in [0.15, 0.2) is 0 Å². The van der Waals surface area contributed by atoms with Crippen LogP contribution in [0.4, 0.5) is 0 Å². The second-order valence-corrected chi connectivity index (χ2v) is 2.16. The molecule has 0 heterocycles. The van der Waals surface area contributed by atoms with Gasteiger partial charge in [0.25, 0.3) is 0 Å². The summed E-state index contributed by atoms with van der Waals surface area (Å²) >= 11 is 3.95. The molecule has 0 rings (SSSR count). The molecule has 0 aromatic heterocycles. The maximum Gasteiger partial charge on any atom is 0.0477 e. The van der Waals surface area contributed by atoms with Gasteiger partial charge in [-0.2, -0.15) is 12.6 Å². The average molecular weight is 120 g/mol. The van der Waals surface area contributed by atoms with E-state index in [1.165, 1.54) is 0 Å². The van der Waals surface area contributed by atoms with Crippen molar-refractivity contribution >= 4 is 12.6 Å². The fourth-order valence-corrected chi connectivity index (χ4v) is 0.510. The Hall–Kier alpha value is 0.270. The molecule has 0 amide bonds. The quantitative estimate of drug-likeness (QED) is 0.361. The Morgan fingerprint density at radius 2 is 2.14 bits per heavy atom. The summed E-state index contributed by atoms with van der Waals surface area (Å²) in [7, 11) is 0. The van der Waals surface area contributed by atoms with Crippen molar-refractivity contribution in [2.45, 2.75) is 18.2 Å². The summed E-state index contributed by atoms with van der Waals surface area (Å²) in [6.45, 7) is 0.717. The minimum absolute atomic E-state index is 0.0172. The van der Waals surface area contributed by atoms with Crippen LogP contribution in [0.1, 0.15) is 12.8 Å². The monoisotopic (exact) mass is 120 g/mol. The first-order valence-electron chi connectivity index (χ1n) is 2.41. The van der Waals surface area contributed by atoms with Gasteiger partial charge in [0.1, 0.15) is 0 Å². The van der Waals surface area contributed by atoms with Crippen LogP contribution in [-0.4, -0.2) is 11.9 Å². The molecule has 0 aliphatic carbocycles. The van der Waals surface area contributed by atoms with E-state index in [1.54, 1.807) is 0 Å². The van der Waals surface area contributed by atoms with E-state index in [2.05, 4.69) is 12.6 Å². The molecule has 0 aliphatic heterocycles. The molecule has 3 heteroatoms. The van der Waals surface area contributed by atoms with Crippen LogP contribution in [-0.2, 0) is 0 Å². The molecule has 0 radical (unpaired) electrons. The van der Waals surface area contributed by atoms with Gasteiger partial charge in [0.2, 0.25) is 0 Å². The SMILES string of the molecule is NCCCC(N)S. The molecule has 0 spiro atoms. The molecule has 0 aromatic rings. The van der Waals surface area contributed by atoms with E-state index in [0.717, 1.165) is 12.8 Å². The van der Waals surface area contributed by atoms with Crippen LogP contribution in [0.2, 0.25) is 0 Å². The van der Waals surface area contributed by atoms with Crippen molar-refractivity contribution in [2.75, 3.05) is 6.54 Å². The van der Waals surface area contributed by atoms with Crippen LogP contribution < -0.4 is 11.5 Å². The highest BCUT2D eigenvalue weighted by molar-refractivity contribution is 7.80. The number of rotatable bonds is 3. The van der Waals surface area contributed by atoms with E-state index < -0.39 is 0 Å². The van der Waals surface area contributed by atoms with Crippen molar-refractivity contribution in [3.63, 3.8) is 0 Å². The molecule has 1 atom stereocenters. The maximum absolute atomic E-state index is 5.29. The molecule has 0 bridgehead atoms. The second-order valence-electron chi connectivity index (χ2n) is 1.50. The first-order chi connectivity index (χ1) is 3.27. The third-order valence-corrected chi connectivity index (χ3v) is 0.962. The topological polar surface area (TPSA) is 52.0 Å². The first kappa shape index (κ1) is 7.27. The van der Waals surface area contributed by atoms with Crippen molar-refractivity contribution in [1.29, 1.82) is 0 Å². The summed E-state index contributed by atoms with van der Waals surface area (Å²) in [5.41, 5.74) is 10.5. The van der Waals surface area contributed by atoms with E-state index in [0.29, 0.717) is 6.54 Å². The third-order valence-electron chi connectivity index (χ3n) is 0.704. The fraction of sp³-hybridized carbons (Fsp3) is 1.00. The Bertz CT molecular complexity index is 38.7. The minimum Gasteiger partial charge on any atom is -0.330 e. The lowest BCUT2D eigenvalue weighted by Crippen LogP contribution is -2.13. The summed E-state index contributed by atoms with van der Waals surface area (Å²) in [4.78, 5) is 0. The Labute approximate surface area is 49.7 Å². The summed E-state index contributed by atoms with van der Waals surface area (Å²) < 4.78 is 0. The molecule has 7 heavy (non-hydrogen) atoms. The van der Waals surface area contributed by atoms with E-state index in [-0.39, 0.29) is 5.37 Å². The number of hydrogen-bond acceptors (Lipinski definition) is 3. The Morgan fingerprint density at radius 1 is 1.57 bits per heavy atom. The Balaban J connectivity index is 2.68. The molecule has 44 valence electrons. The average Bonchev–Trinajstić information content (AvgIpc) is 1.61. The van der Waals surface area contributed by atoms with Crippen LogP contribution in [0.25, 0.3) is 0 Å². The van der Waals surface area contributed by atoms with Crippen LogP contribution in [0.15, 0.2) is 0 Å². The van der Waals surface area contributed by atoms with Crippen molar-refractivity contribution in [1.82, 2.24) is 0 Å². The van der Waals surface area contributed by atoms with E-state index >= 15 is 0 Å².